The Hall–Kier alpha value is -2.09. The van der Waals surface area contributed by atoms with Crippen molar-refractivity contribution in [3.8, 4) is 0 Å². The Kier molecular flexibility index (Phi) is 19.0. The molecule has 1 amide bonds. The summed E-state index contributed by atoms with van der Waals surface area (Å²) in [4.78, 5) is 10.8. The SMILES string of the molecule is CC(C)=CCCC(C)=CCCC(C)=CCCC=C(C)CCC=C(C)CCC=C(C)CCC(N)=O. The summed E-state index contributed by atoms with van der Waals surface area (Å²) in [6.07, 6.45) is 26.8. The van der Waals surface area contributed by atoms with E-state index in [4.69, 9.17) is 5.73 Å². The third-order valence-corrected chi connectivity index (χ3v) is 6.10. The molecule has 0 aliphatic carbocycles. The first-order valence-corrected chi connectivity index (χ1v) is 13.3. The van der Waals surface area contributed by atoms with E-state index in [-0.39, 0.29) is 5.91 Å². The minimum atomic E-state index is -0.220. The monoisotopic (exact) mass is 467 g/mol. The molecule has 192 valence electrons. The van der Waals surface area contributed by atoms with Crippen LogP contribution >= 0.6 is 0 Å². The van der Waals surface area contributed by atoms with E-state index in [1.807, 2.05) is 0 Å². The molecule has 0 saturated heterocycles. The number of primary amides is 1. The van der Waals surface area contributed by atoms with E-state index in [0.29, 0.717) is 6.42 Å². The van der Waals surface area contributed by atoms with E-state index in [0.717, 1.165) is 57.8 Å². The second kappa shape index (κ2) is 20.3. The van der Waals surface area contributed by atoms with Gasteiger partial charge in [0.15, 0.2) is 0 Å². The van der Waals surface area contributed by atoms with Crippen molar-refractivity contribution in [1.82, 2.24) is 0 Å². The number of rotatable bonds is 18. The van der Waals surface area contributed by atoms with Crippen molar-refractivity contribution in [2.24, 2.45) is 5.73 Å². The number of allylic oxidation sites excluding steroid dienone is 12. The van der Waals surface area contributed by atoms with Crippen molar-refractivity contribution in [1.29, 1.82) is 0 Å². The number of hydrogen-bond donors (Lipinski definition) is 1. The van der Waals surface area contributed by atoms with Crippen LogP contribution in [0.15, 0.2) is 69.9 Å². The van der Waals surface area contributed by atoms with Gasteiger partial charge in [0.25, 0.3) is 0 Å². The van der Waals surface area contributed by atoms with Gasteiger partial charge in [-0.05, 0) is 119 Å². The minimum Gasteiger partial charge on any atom is -0.370 e. The fraction of sp³-hybridized carbons (Fsp3) is 0.594. The van der Waals surface area contributed by atoms with Gasteiger partial charge in [-0.25, -0.2) is 0 Å². The average molecular weight is 468 g/mol. The predicted octanol–water partition coefficient (Wildman–Crippen LogP) is 9.85. The lowest BCUT2D eigenvalue weighted by atomic mass is 10.0. The highest BCUT2D eigenvalue weighted by Gasteiger charge is 1.97. The molecule has 0 aromatic rings. The van der Waals surface area contributed by atoms with E-state index < -0.39 is 0 Å². The Morgan fingerprint density at radius 3 is 1.06 bits per heavy atom. The van der Waals surface area contributed by atoms with E-state index in [9.17, 15) is 4.79 Å². The zero-order chi connectivity index (χ0) is 25.8. The fourth-order valence-corrected chi connectivity index (χ4v) is 3.72. The Bertz CT molecular complexity index is 767. The quantitative estimate of drug-likeness (QED) is 0.158. The zero-order valence-corrected chi connectivity index (χ0v) is 23.4. The van der Waals surface area contributed by atoms with Crippen molar-refractivity contribution in [2.75, 3.05) is 0 Å². The highest BCUT2D eigenvalue weighted by atomic mass is 16.1. The minimum absolute atomic E-state index is 0.220. The summed E-state index contributed by atoms with van der Waals surface area (Å²) in [6.45, 7) is 15.4. The number of nitrogens with two attached hydrogens (primary N) is 1. The molecule has 0 fully saturated rings. The normalized spacial score (nSPS) is 13.9. The largest absolute Gasteiger partial charge is 0.370 e. The lowest BCUT2D eigenvalue weighted by Crippen LogP contribution is -2.09. The summed E-state index contributed by atoms with van der Waals surface area (Å²) in [5.41, 5.74) is 13.8. The van der Waals surface area contributed by atoms with Crippen molar-refractivity contribution < 1.29 is 4.79 Å². The van der Waals surface area contributed by atoms with Crippen LogP contribution in [0.2, 0.25) is 0 Å². The van der Waals surface area contributed by atoms with Crippen molar-refractivity contribution in [3.05, 3.63) is 69.9 Å². The van der Waals surface area contributed by atoms with Gasteiger partial charge in [-0.15, -0.1) is 0 Å². The molecule has 0 radical (unpaired) electrons. The van der Waals surface area contributed by atoms with Crippen LogP contribution in [0.1, 0.15) is 126 Å². The lowest BCUT2D eigenvalue weighted by molar-refractivity contribution is -0.117. The smallest absolute Gasteiger partial charge is 0.217 e. The lowest BCUT2D eigenvalue weighted by Gasteiger charge is -2.03. The Morgan fingerprint density at radius 1 is 0.441 bits per heavy atom. The van der Waals surface area contributed by atoms with Gasteiger partial charge < -0.3 is 5.73 Å². The number of amides is 1. The van der Waals surface area contributed by atoms with Gasteiger partial charge in [-0.3, -0.25) is 4.79 Å². The third kappa shape index (κ3) is 21.7. The molecular formula is C32H53NO. The van der Waals surface area contributed by atoms with Crippen molar-refractivity contribution in [3.63, 3.8) is 0 Å². The number of carbonyl (C=O) groups is 1. The molecule has 0 atom stereocenters. The van der Waals surface area contributed by atoms with E-state index in [1.165, 1.54) is 46.3 Å². The Balaban J connectivity index is 4.10. The first-order valence-electron chi connectivity index (χ1n) is 13.3. The zero-order valence-electron chi connectivity index (χ0n) is 23.4. The Labute approximate surface area is 211 Å². The standard InChI is InChI=1S/C32H53NO/c1-26(2)14-10-17-29(5)20-11-18-27(3)15-8-9-16-28(4)19-12-21-30(6)22-13-23-31(7)24-25-32(33)34/h14-16,20-21,23H,8-13,17-19,22,24-25H2,1-7H3,(H2,33,34). The Morgan fingerprint density at radius 2 is 0.735 bits per heavy atom. The van der Waals surface area contributed by atoms with Crippen LogP contribution < -0.4 is 5.73 Å². The average Bonchev–Trinajstić information content (AvgIpc) is 2.75. The highest BCUT2D eigenvalue weighted by Crippen LogP contribution is 2.15. The van der Waals surface area contributed by atoms with Crippen LogP contribution in [-0.2, 0) is 4.79 Å². The van der Waals surface area contributed by atoms with Crippen molar-refractivity contribution >= 4 is 5.91 Å². The van der Waals surface area contributed by atoms with Gasteiger partial charge >= 0.3 is 0 Å². The van der Waals surface area contributed by atoms with Gasteiger partial charge in [0, 0.05) is 6.42 Å². The van der Waals surface area contributed by atoms with Gasteiger partial charge in [-0.2, -0.15) is 0 Å². The molecule has 2 N–H and O–H groups in total. The maximum absolute atomic E-state index is 10.8. The third-order valence-electron chi connectivity index (χ3n) is 6.10. The van der Waals surface area contributed by atoms with E-state index in [1.54, 1.807) is 0 Å². The molecule has 0 aliphatic rings. The van der Waals surface area contributed by atoms with E-state index in [2.05, 4.69) is 84.9 Å². The van der Waals surface area contributed by atoms with Crippen LogP contribution in [0, 0.1) is 0 Å². The summed E-state index contributed by atoms with van der Waals surface area (Å²) < 4.78 is 0. The summed E-state index contributed by atoms with van der Waals surface area (Å²) in [6, 6.07) is 0. The van der Waals surface area contributed by atoms with Gasteiger partial charge in [0.1, 0.15) is 0 Å². The molecule has 0 bridgehead atoms. The summed E-state index contributed by atoms with van der Waals surface area (Å²) in [7, 11) is 0. The fourth-order valence-electron chi connectivity index (χ4n) is 3.72. The highest BCUT2D eigenvalue weighted by molar-refractivity contribution is 5.73. The van der Waals surface area contributed by atoms with Gasteiger partial charge in [0.05, 0.1) is 0 Å². The molecule has 2 nitrogen and oxygen atoms in total. The van der Waals surface area contributed by atoms with Crippen LogP contribution in [0.5, 0.6) is 0 Å². The second-order valence-electron chi connectivity index (χ2n) is 10.2. The van der Waals surface area contributed by atoms with Gasteiger partial charge in [-0.1, -0.05) is 69.9 Å². The molecule has 0 aromatic heterocycles. The molecule has 0 saturated carbocycles. The van der Waals surface area contributed by atoms with Crippen LogP contribution in [0.25, 0.3) is 0 Å². The molecule has 0 heterocycles. The number of unbranched alkanes of at least 4 members (excludes halogenated alkanes) is 1. The van der Waals surface area contributed by atoms with Crippen LogP contribution in [0.3, 0.4) is 0 Å². The summed E-state index contributed by atoms with van der Waals surface area (Å²) in [5.74, 6) is -0.220. The molecule has 0 aliphatic heterocycles. The second-order valence-corrected chi connectivity index (χ2v) is 10.2. The topological polar surface area (TPSA) is 43.1 Å². The van der Waals surface area contributed by atoms with E-state index >= 15 is 0 Å². The van der Waals surface area contributed by atoms with Crippen LogP contribution in [-0.4, -0.2) is 5.91 Å². The molecule has 2 heteroatoms. The molecule has 34 heavy (non-hydrogen) atoms. The molecule has 0 aromatic carbocycles. The molecule has 0 rings (SSSR count). The first kappa shape index (κ1) is 31.9. The van der Waals surface area contributed by atoms with Gasteiger partial charge in [0.2, 0.25) is 5.91 Å². The maximum atomic E-state index is 10.8. The summed E-state index contributed by atoms with van der Waals surface area (Å²) in [5, 5.41) is 0. The first-order chi connectivity index (χ1) is 16.1. The maximum Gasteiger partial charge on any atom is 0.217 e. The van der Waals surface area contributed by atoms with Crippen LogP contribution in [0.4, 0.5) is 0 Å². The molecule has 0 spiro atoms. The number of carbonyl (C=O) groups excluding carboxylic acids is 1. The molecular weight excluding hydrogens is 414 g/mol. The molecule has 0 unspecified atom stereocenters. The summed E-state index contributed by atoms with van der Waals surface area (Å²) >= 11 is 0. The number of hydrogen-bond acceptors (Lipinski definition) is 1. The van der Waals surface area contributed by atoms with Crippen molar-refractivity contribution in [2.45, 2.75) is 126 Å². The predicted molar refractivity (Wildman–Crippen MR) is 153 cm³/mol.